The van der Waals surface area contributed by atoms with Crippen LogP contribution in [0.25, 0.3) is 0 Å². The highest BCUT2D eigenvalue weighted by molar-refractivity contribution is 5.99. The normalized spacial score (nSPS) is 16.0. The van der Waals surface area contributed by atoms with Crippen LogP contribution in [0.3, 0.4) is 0 Å². The molecule has 1 atom stereocenters. The maximum absolute atomic E-state index is 13.2. The van der Waals surface area contributed by atoms with Gasteiger partial charge in [-0.05, 0) is 31.0 Å². The van der Waals surface area contributed by atoms with E-state index in [0.717, 1.165) is 25.0 Å². The molecule has 2 amide bonds. The largest absolute Gasteiger partial charge is 0.416 e. The van der Waals surface area contributed by atoms with Gasteiger partial charge < -0.3 is 16.0 Å². The number of nitrogens with one attached hydrogen (secondary N) is 1. The van der Waals surface area contributed by atoms with Crippen molar-refractivity contribution in [1.29, 1.82) is 0 Å². The number of nitrogens with zero attached hydrogens (tertiary/aromatic N) is 1. The molecule has 0 aliphatic carbocycles. The van der Waals surface area contributed by atoms with Crippen LogP contribution in [0.2, 0.25) is 0 Å². The average Bonchev–Trinajstić information content (AvgIpc) is 3.03. The zero-order valence-corrected chi connectivity index (χ0v) is 14.7. The Morgan fingerprint density at radius 1 is 1.35 bits per heavy atom. The third-order valence-corrected chi connectivity index (χ3v) is 4.42. The molecule has 1 aromatic rings. The standard InChI is InChI=1S/C18H24F3N3O2/c1-2-3-5-14(11-22)23-17(26)12-8-13(18(19,20)21)10-15(9-12)24-7-4-6-16(24)25/h8-10,14H,2-7,11,22H2,1H3,(H,23,26). The third kappa shape index (κ3) is 4.97. The van der Waals surface area contributed by atoms with E-state index in [-0.39, 0.29) is 29.7 Å². The van der Waals surface area contributed by atoms with Crippen LogP contribution in [0.5, 0.6) is 0 Å². The fourth-order valence-corrected chi connectivity index (χ4v) is 2.95. The van der Waals surface area contributed by atoms with Gasteiger partial charge in [-0.15, -0.1) is 0 Å². The zero-order chi connectivity index (χ0) is 19.3. The van der Waals surface area contributed by atoms with Gasteiger partial charge in [0, 0.05) is 36.8 Å². The first-order valence-electron chi connectivity index (χ1n) is 8.79. The summed E-state index contributed by atoms with van der Waals surface area (Å²) in [5.41, 5.74) is 4.67. The lowest BCUT2D eigenvalue weighted by molar-refractivity contribution is -0.137. The number of hydrogen-bond acceptors (Lipinski definition) is 3. The second-order valence-electron chi connectivity index (χ2n) is 6.46. The summed E-state index contributed by atoms with van der Waals surface area (Å²) in [6.45, 7) is 2.56. The lowest BCUT2D eigenvalue weighted by Gasteiger charge is -2.21. The van der Waals surface area contributed by atoms with Crippen molar-refractivity contribution in [3.8, 4) is 0 Å². The van der Waals surface area contributed by atoms with Crippen molar-refractivity contribution < 1.29 is 22.8 Å². The fourth-order valence-electron chi connectivity index (χ4n) is 2.95. The Morgan fingerprint density at radius 2 is 2.08 bits per heavy atom. The van der Waals surface area contributed by atoms with E-state index in [1.165, 1.54) is 11.0 Å². The van der Waals surface area contributed by atoms with E-state index >= 15 is 0 Å². The molecule has 5 nitrogen and oxygen atoms in total. The van der Waals surface area contributed by atoms with E-state index in [0.29, 0.717) is 25.8 Å². The van der Waals surface area contributed by atoms with Crippen molar-refractivity contribution >= 4 is 17.5 Å². The Kier molecular flexibility index (Phi) is 6.63. The van der Waals surface area contributed by atoms with Crippen molar-refractivity contribution in [2.24, 2.45) is 5.73 Å². The molecule has 1 heterocycles. The van der Waals surface area contributed by atoms with Crippen LogP contribution in [0.15, 0.2) is 18.2 Å². The number of rotatable bonds is 7. The molecule has 1 aliphatic rings. The molecule has 0 bridgehead atoms. The summed E-state index contributed by atoms with van der Waals surface area (Å²) in [4.78, 5) is 25.6. The van der Waals surface area contributed by atoms with E-state index in [4.69, 9.17) is 5.73 Å². The van der Waals surface area contributed by atoms with Crippen LogP contribution in [-0.2, 0) is 11.0 Å². The summed E-state index contributed by atoms with van der Waals surface area (Å²) in [6, 6.07) is 2.76. The lowest BCUT2D eigenvalue weighted by Crippen LogP contribution is -2.40. The lowest BCUT2D eigenvalue weighted by atomic mass is 10.1. The number of nitrogens with two attached hydrogens (primary N) is 1. The van der Waals surface area contributed by atoms with Gasteiger partial charge in [0.05, 0.1) is 5.56 Å². The first-order chi connectivity index (χ1) is 12.3. The average molecular weight is 371 g/mol. The highest BCUT2D eigenvalue weighted by Crippen LogP contribution is 2.34. The molecule has 1 saturated heterocycles. The summed E-state index contributed by atoms with van der Waals surface area (Å²) < 4.78 is 39.7. The number of anilines is 1. The Balaban J connectivity index is 2.31. The first kappa shape index (κ1) is 20.2. The summed E-state index contributed by atoms with van der Waals surface area (Å²) in [7, 11) is 0. The number of carbonyl (C=O) groups excluding carboxylic acids is 2. The van der Waals surface area contributed by atoms with E-state index < -0.39 is 17.6 Å². The number of hydrogen-bond donors (Lipinski definition) is 2. The number of carbonyl (C=O) groups is 2. The molecule has 1 fully saturated rings. The van der Waals surface area contributed by atoms with Crippen LogP contribution in [0.4, 0.5) is 18.9 Å². The van der Waals surface area contributed by atoms with Crippen molar-refractivity contribution in [3.63, 3.8) is 0 Å². The van der Waals surface area contributed by atoms with Gasteiger partial charge in [0.1, 0.15) is 0 Å². The first-order valence-corrected chi connectivity index (χ1v) is 8.79. The number of amides is 2. The molecule has 26 heavy (non-hydrogen) atoms. The van der Waals surface area contributed by atoms with Crippen LogP contribution in [-0.4, -0.2) is 30.9 Å². The van der Waals surface area contributed by atoms with Crippen molar-refractivity contribution in [2.75, 3.05) is 18.0 Å². The molecule has 3 N–H and O–H groups in total. The quantitative estimate of drug-likeness (QED) is 0.773. The molecule has 144 valence electrons. The molecule has 0 spiro atoms. The van der Waals surface area contributed by atoms with E-state index in [9.17, 15) is 22.8 Å². The van der Waals surface area contributed by atoms with E-state index in [1.54, 1.807) is 0 Å². The SMILES string of the molecule is CCCCC(CN)NC(=O)c1cc(N2CCCC2=O)cc(C(F)(F)F)c1. The molecule has 1 aromatic carbocycles. The molecule has 8 heteroatoms. The summed E-state index contributed by atoms with van der Waals surface area (Å²) in [5, 5.41) is 2.69. The van der Waals surface area contributed by atoms with E-state index in [2.05, 4.69) is 5.32 Å². The Labute approximate surface area is 150 Å². The van der Waals surface area contributed by atoms with Crippen LogP contribution < -0.4 is 16.0 Å². The van der Waals surface area contributed by atoms with Gasteiger partial charge >= 0.3 is 6.18 Å². The summed E-state index contributed by atoms with van der Waals surface area (Å²) in [5.74, 6) is -0.853. The smallest absolute Gasteiger partial charge is 0.348 e. The van der Waals surface area contributed by atoms with Gasteiger partial charge in [-0.2, -0.15) is 13.2 Å². The monoisotopic (exact) mass is 371 g/mol. The molecular formula is C18H24F3N3O2. The molecular weight excluding hydrogens is 347 g/mol. The van der Waals surface area contributed by atoms with Crippen LogP contribution >= 0.6 is 0 Å². The minimum Gasteiger partial charge on any atom is -0.348 e. The molecule has 1 unspecified atom stereocenters. The zero-order valence-electron chi connectivity index (χ0n) is 14.7. The van der Waals surface area contributed by atoms with Crippen molar-refractivity contribution in [1.82, 2.24) is 5.32 Å². The van der Waals surface area contributed by atoms with Gasteiger partial charge in [0.25, 0.3) is 5.91 Å². The van der Waals surface area contributed by atoms with Gasteiger partial charge in [-0.25, -0.2) is 0 Å². The van der Waals surface area contributed by atoms with Gasteiger partial charge in [-0.3, -0.25) is 9.59 Å². The van der Waals surface area contributed by atoms with Crippen molar-refractivity contribution in [2.45, 2.75) is 51.2 Å². The summed E-state index contributed by atoms with van der Waals surface area (Å²) in [6.07, 6.45) is -1.28. The number of halogens is 3. The van der Waals surface area contributed by atoms with E-state index in [1.807, 2.05) is 6.92 Å². The highest BCUT2D eigenvalue weighted by Gasteiger charge is 2.33. The van der Waals surface area contributed by atoms with Crippen LogP contribution in [0, 0.1) is 0 Å². The topological polar surface area (TPSA) is 75.4 Å². The maximum Gasteiger partial charge on any atom is 0.416 e. The van der Waals surface area contributed by atoms with Gasteiger partial charge in [0.2, 0.25) is 5.91 Å². The number of benzene rings is 1. The maximum atomic E-state index is 13.2. The van der Waals surface area contributed by atoms with Crippen molar-refractivity contribution in [3.05, 3.63) is 29.3 Å². The third-order valence-electron chi connectivity index (χ3n) is 4.42. The Hall–Kier alpha value is -2.09. The second kappa shape index (κ2) is 8.53. The predicted molar refractivity (Wildman–Crippen MR) is 92.9 cm³/mol. The Bertz CT molecular complexity index is 662. The minimum absolute atomic E-state index is 0.102. The van der Waals surface area contributed by atoms with Gasteiger partial charge in [0.15, 0.2) is 0 Å². The highest BCUT2D eigenvalue weighted by atomic mass is 19.4. The number of unbranched alkanes of at least 4 members (excludes halogenated alkanes) is 1. The Morgan fingerprint density at radius 3 is 2.62 bits per heavy atom. The molecule has 0 saturated carbocycles. The fraction of sp³-hybridized carbons (Fsp3) is 0.556. The molecule has 1 aliphatic heterocycles. The molecule has 2 rings (SSSR count). The second-order valence-corrected chi connectivity index (χ2v) is 6.46. The van der Waals surface area contributed by atoms with Gasteiger partial charge in [-0.1, -0.05) is 19.8 Å². The van der Waals surface area contributed by atoms with Crippen LogP contribution in [0.1, 0.15) is 54.9 Å². The molecule has 0 aromatic heterocycles. The number of alkyl halides is 3. The predicted octanol–water partition coefficient (Wildman–Crippen LogP) is 3.08. The minimum atomic E-state index is -4.61. The molecule has 0 radical (unpaired) electrons. The summed E-state index contributed by atoms with van der Waals surface area (Å²) >= 11 is 0.